The number of carbonyl (C=O) groups is 1. The lowest BCUT2D eigenvalue weighted by Crippen LogP contribution is -2.49. The van der Waals surface area contributed by atoms with Crippen molar-refractivity contribution < 1.29 is 9.18 Å². The molecule has 1 amide bonds. The lowest BCUT2D eigenvalue weighted by Gasteiger charge is -2.36. The molecule has 2 aromatic heterocycles. The molecule has 1 saturated heterocycles. The normalized spacial score (nSPS) is 14.4. The van der Waals surface area contributed by atoms with Crippen molar-refractivity contribution in [1.29, 1.82) is 0 Å². The highest BCUT2D eigenvalue weighted by molar-refractivity contribution is 5.76. The maximum absolute atomic E-state index is 13.0. The van der Waals surface area contributed by atoms with Gasteiger partial charge in [-0.15, -0.1) is 10.2 Å². The summed E-state index contributed by atoms with van der Waals surface area (Å²) >= 11 is 0. The Morgan fingerprint density at radius 3 is 2.41 bits per heavy atom. The highest BCUT2D eigenvalue weighted by atomic mass is 19.1. The second-order valence-corrected chi connectivity index (χ2v) is 6.22. The summed E-state index contributed by atoms with van der Waals surface area (Å²) in [7, 11) is 0. The number of rotatable bonds is 4. The minimum atomic E-state index is -0.251. The van der Waals surface area contributed by atoms with Gasteiger partial charge in [-0.1, -0.05) is 0 Å². The number of piperazine rings is 1. The van der Waals surface area contributed by atoms with Crippen LogP contribution in [-0.2, 0) is 11.3 Å². The van der Waals surface area contributed by atoms with Crippen molar-refractivity contribution in [3.63, 3.8) is 0 Å². The molecule has 3 heterocycles. The number of hydrogen-bond donors (Lipinski definition) is 0. The second-order valence-electron chi connectivity index (χ2n) is 6.22. The largest absolute Gasteiger partial charge is 0.368 e. The third-order valence-electron chi connectivity index (χ3n) is 4.49. The Bertz CT molecular complexity index is 905. The molecule has 9 heteroatoms. The number of benzene rings is 1. The first-order valence-corrected chi connectivity index (χ1v) is 8.65. The van der Waals surface area contributed by atoms with Gasteiger partial charge in [-0.2, -0.15) is 4.80 Å². The fourth-order valence-electron chi connectivity index (χ4n) is 3.01. The van der Waals surface area contributed by atoms with E-state index >= 15 is 0 Å². The molecule has 0 saturated carbocycles. The lowest BCUT2D eigenvalue weighted by molar-refractivity contribution is -0.132. The van der Waals surface area contributed by atoms with Crippen LogP contribution in [-0.4, -0.2) is 62.2 Å². The van der Waals surface area contributed by atoms with E-state index in [0.29, 0.717) is 32.0 Å². The Kier molecular flexibility index (Phi) is 4.73. The maximum atomic E-state index is 13.0. The van der Waals surface area contributed by atoms with Gasteiger partial charge in [0.2, 0.25) is 11.7 Å². The minimum absolute atomic E-state index is 0.0487. The Morgan fingerprint density at radius 2 is 1.70 bits per heavy atom. The van der Waals surface area contributed by atoms with Gasteiger partial charge in [0.25, 0.3) is 0 Å². The average molecular weight is 367 g/mol. The highest BCUT2D eigenvalue weighted by Gasteiger charge is 2.22. The molecule has 0 spiro atoms. The molecule has 1 fully saturated rings. The van der Waals surface area contributed by atoms with E-state index in [1.54, 1.807) is 41.6 Å². The highest BCUT2D eigenvalue weighted by Crippen LogP contribution is 2.17. The number of aromatic nitrogens is 5. The first-order chi connectivity index (χ1) is 13.2. The van der Waals surface area contributed by atoms with Crippen molar-refractivity contribution in [3.05, 3.63) is 54.6 Å². The molecule has 0 aliphatic carbocycles. The predicted octanol–water partition coefficient (Wildman–Crippen LogP) is 1.22. The standard InChI is InChI=1S/C18H18FN7O/c19-15-1-3-16(4-2-15)24-9-11-25(12-10-24)17(27)13-26-22-18(21-23-26)14-5-7-20-8-6-14/h1-8H,9-13H2. The fourth-order valence-corrected chi connectivity index (χ4v) is 3.01. The summed E-state index contributed by atoms with van der Waals surface area (Å²) in [6.07, 6.45) is 3.31. The van der Waals surface area contributed by atoms with Crippen LogP contribution in [0.15, 0.2) is 48.8 Å². The van der Waals surface area contributed by atoms with Gasteiger partial charge in [0.05, 0.1) is 0 Å². The Labute approximate surface area is 155 Å². The number of tetrazole rings is 1. The molecule has 0 bridgehead atoms. The summed E-state index contributed by atoms with van der Waals surface area (Å²) in [5, 5.41) is 12.2. The molecule has 138 valence electrons. The zero-order chi connectivity index (χ0) is 18.6. The quantitative estimate of drug-likeness (QED) is 0.690. The maximum Gasteiger partial charge on any atom is 0.246 e. The first-order valence-electron chi connectivity index (χ1n) is 8.65. The molecule has 0 unspecified atom stereocenters. The molecular formula is C18H18FN7O. The summed E-state index contributed by atoms with van der Waals surface area (Å²) in [5.74, 6) is 0.165. The predicted molar refractivity (Wildman–Crippen MR) is 96.2 cm³/mol. The van der Waals surface area contributed by atoms with Crippen molar-refractivity contribution in [3.8, 4) is 11.4 Å². The Morgan fingerprint density at radius 1 is 1.00 bits per heavy atom. The van der Waals surface area contributed by atoms with Crippen molar-refractivity contribution in [2.75, 3.05) is 31.1 Å². The van der Waals surface area contributed by atoms with Crippen LogP contribution in [0.1, 0.15) is 0 Å². The van der Waals surface area contributed by atoms with Crippen LogP contribution >= 0.6 is 0 Å². The van der Waals surface area contributed by atoms with Crippen LogP contribution in [0.25, 0.3) is 11.4 Å². The topological polar surface area (TPSA) is 80.0 Å². The fraction of sp³-hybridized carbons (Fsp3) is 0.278. The number of anilines is 1. The van der Waals surface area contributed by atoms with Crippen LogP contribution in [0, 0.1) is 5.82 Å². The van der Waals surface area contributed by atoms with Gasteiger partial charge in [0, 0.05) is 49.8 Å². The number of carbonyl (C=O) groups excluding carboxylic acids is 1. The van der Waals surface area contributed by atoms with E-state index in [4.69, 9.17) is 0 Å². The molecule has 8 nitrogen and oxygen atoms in total. The van der Waals surface area contributed by atoms with Crippen LogP contribution in [0.4, 0.5) is 10.1 Å². The summed E-state index contributed by atoms with van der Waals surface area (Å²) in [5.41, 5.74) is 1.76. The van der Waals surface area contributed by atoms with Gasteiger partial charge in [-0.05, 0) is 41.6 Å². The number of nitrogens with zero attached hydrogens (tertiary/aromatic N) is 7. The summed E-state index contributed by atoms with van der Waals surface area (Å²) < 4.78 is 13.0. The molecule has 27 heavy (non-hydrogen) atoms. The monoisotopic (exact) mass is 367 g/mol. The molecule has 3 aromatic rings. The lowest BCUT2D eigenvalue weighted by atomic mass is 10.2. The van der Waals surface area contributed by atoms with Crippen LogP contribution in [0.2, 0.25) is 0 Å². The Hall–Kier alpha value is -3.36. The summed E-state index contributed by atoms with van der Waals surface area (Å²) in [6, 6.07) is 9.99. The SMILES string of the molecule is O=C(Cn1nnc(-c2ccncc2)n1)N1CCN(c2ccc(F)cc2)CC1. The molecule has 1 aromatic carbocycles. The molecule has 0 N–H and O–H groups in total. The van der Waals surface area contributed by atoms with E-state index in [2.05, 4.69) is 25.3 Å². The molecule has 0 atom stereocenters. The first kappa shape index (κ1) is 17.1. The average Bonchev–Trinajstić information content (AvgIpc) is 3.18. The van der Waals surface area contributed by atoms with Crippen LogP contribution in [0.5, 0.6) is 0 Å². The third kappa shape index (κ3) is 3.91. The number of pyridine rings is 1. The second kappa shape index (κ2) is 7.48. The van der Waals surface area contributed by atoms with Crippen molar-refractivity contribution in [1.82, 2.24) is 30.1 Å². The van der Waals surface area contributed by atoms with Gasteiger partial charge in [-0.3, -0.25) is 9.78 Å². The van der Waals surface area contributed by atoms with Crippen molar-refractivity contribution in [2.45, 2.75) is 6.54 Å². The molecule has 4 rings (SSSR count). The molecule has 1 aliphatic heterocycles. The third-order valence-corrected chi connectivity index (χ3v) is 4.49. The van der Waals surface area contributed by atoms with Gasteiger partial charge in [0.1, 0.15) is 12.4 Å². The van der Waals surface area contributed by atoms with E-state index < -0.39 is 0 Å². The van der Waals surface area contributed by atoms with E-state index in [0.717, 1.165) is 11.3 Å². The number of halogens is 1. The van der Waals surface area contributed by atoms with Gasteiger partial charge < -0.3 is 9.80 Å². The van der Waals surface area contributed by atoms with Gasteiger partial charge in [0.15, 0.2) is 0 Å². The van der Waals surface area contributed by atoms with Crippen molar-refractivity contribution in [2.24, 2.45) is 0 Å². The number of hydrogen-bond acceptors (Lipinski definition) is 6. The number of amides is 1. The smallest absolute Gasteiger partial charge is 0.246 e. The molecule has 0 radical (unpaired) electrons. The van der Waals surface area contributed by atoms with Crippen molar-refractivity contribution >= 4 is 11.6 Å². The zero-order valence-electron chi connectivity index (χ0n) is 14.6. The van der Waals surface area contributed by atoms with E-state index in [1.807, 2.05) is 0 Å². The molecule has 1 aliphatic rings. The van der Waals surface area contributed by atoms with Crippen LogP contribution < -0.4 is 4.90 Å². The summed E-state index contributed by atoms with van der Waals surface area (Å²) in [6.45, 7) is 2.65. The van der Waals surface area contributed by atoms with E-state index in [1.165, 1.54) is 16.9 Å². The van der Waals surface area contributed by atoms with E-state index in [9.17, 15) is 9.18 Å². The van der Waals surface area contributed by atoms with E-state index in [-0.39, 0.29) is 18.3 Å². The Balaban J connectivity index is 1.33. The summed E-state index contributed by atoms with van der Waals surface area (Å²) in [4.78, 5) is 21.7. The van der Waals surface area contributed by atoms with Gasteiger partial charge >= 0.3 is 0 Å². The molecular weight excluding hydrogens is 349 g/mol. The van der Waals surface area contributed by atoms with Crippen LogP contribution in [0.3, 0.4) is 0 Å². The zero-order valence-corrected chi connectivity index (χ0v) is 14.6. The minimum Gasteiger partial charge on any atom is -0.368 e. The van der Waals surface area contributed by atoms with Gasteiger partial charge in [-0.25, -0.2) is 4.39 Å².